The maximum Gasteiger partial charge on any atom is 0.339 e. The highest BCUT2D eigenvalue weighted by atomic mass is 19.1. The van der Waals surface area contributed by atoms with Gasteiger partial charge in [0.25, 0.3) is 5.91 Å². The Morgan fingerprint density at radius 2 is 1.93 bits per heavy atom. The number of hydrogen-bond donors (Lipinski definition) is 2. The van der Waals surface area contributed by atoms with E-state index in [0.717, 1.165) is 5.56 Å². The van der Waals surface area contributed by atoms with E-state index in [0.29, 0.717) is 55.0 Å². The van der Waals surface area contributed by atoms with Crippen LogP contribution in [0.3, 0.4) is 0 Å². The van der Waals surface area contributed by atoms with Gasteiger partial charge in [0.15, 0.2) is 0 Å². The van der Waals surface area contributed by atoms with E-state index in [1.807, 2.05) is 0 Å². The van der Waals surface area contributed by atoms with E-state index in [1.165, 1.54) is 19.2 Å². The van der Waals surface area contributed by atoms with Crippen molar-refractivity contribution >= 4 is 17.8 Å². The first-order chi connectivity index (χ1) is 14.3. The largest absolute Gasteiger partial charge is 0.465 e. The van der Waals surface area contributed by atoms with Crippen LogP contribution in [0.25, 0.3) is 0 Å². The van der Waals surface area contributed by atoms with Gasteiger partial charge in [-0.25, -0.2) is 9.18 Å². The van der Waals surface area contributed by atoms with Crippen LogP contribution in [0.5, 0.6) is 0 Å². The normalized spacial score (nSPS) is 16.3. The lowest BCUT2D eigenvalue weighted by Crippen LogP contribution is -2.45. The topological polar surface area (TPSA) is 91.5 Å². The van der Waals surface area contributed by atoms with Crippen molar-refractivity contribution < 1.29 is 23.5 Å². The minimum absolute atomic E-state index is 0.133. The third-order valence-corrected chi connectivity index (χ3v) is 5.50. The quantitative estimate of drug-likeness (QED) is 0.735. The molecule has 7 nitrogen and oxygen atoms in total. The van der Waals surface area contributed by atoms with Gasteiger partial charge in [0, 0.05) is 25.3 Å². The van der Waals surface area contributed by atoms with Crippen LogP contribution in [0.2, 0.25) is 0 Å². The molecular formula is C22H26FN3O4. The van der Waals surface area contributed by atoms with Crippen LogP contribution in [0.15, 0.2) is 24.3 Å². The second-order valence-corrected chi connectivity index (χ2v) is 7.55. The number of piperidine rings is 1. The molecule has 1 aromatic heterocycles. The molecule has 2 aromatic rings. The number of rotatable bonds is 5. The highest BCUT2D eigenvalue weighted by Crippen LogP contribution is 2.23. The van der Waals surface area contributed by atoms with Gasteiger partial charge in [0.05, 0.1) is 18.6 Å². The molecule has 0 radical (unpaired) electrons. The standard InChI is InChI=1S/C22H26FN3O4/c1-13-18(22(29)30-3)14(2)25-19(13)21(28)26-10-4-5-16(12-26)20(27)24-11-15-6-8-17(23)9-7-15/h6-9,16,25H,4-5,10-12H2,1-3H3,(H,24,27)/t16-/m0/s1. The van der Waals surface area contributed by atoms with Crippen LogP contribution in [0.4, 0.5) is 4.39 Å². The highest BCUT2D eigenvalue weighted by molar-refractivity contribution is 6.00. The minimum Gasteiger partial charge on any atom is -0.465 e. The molecule has 2 N–H and O–H groups in total. The molecule has 0 aliphatic carbocycles. The Labute approximate surface area is 174 Å². The van der Waals surface area contributed by atoms with E-state index >= 15 is 0 Å². The van der Waals surface area contributed by atoms with Crippen LogP contribution < -0.4 is 5.32 Å². The van der Waals surface area contributed by atoms with Crippen molar-refractivity contribution in [1.29, 1.82) is 0 Å². The summed E-state index contributed by atoms with van der Waals surface area (Å²) in [5, 5.41) is 2.87. The molecule has 8 heteroatoms. The first kappa shape index (κ1) is 21.5. The molecule has 2 amide bonds. The van der Waals surface area contributed by atoms with Gasteiger partial charge >= 0.3 is 5.97 Å². The van der Waals surface area contributed by atoms with Crippen molar-refractivity contribution in [3.8, 4) is 0 Å². The number of H-pyrrole nitrogens is 1. The molecule has 0 saturated carbocycles. The van der Waals surface area contributed by atoms with Crippen LogP contribution in [-0.2, 0) is 16.1 Å². The van der Waals surface area contributed by atoms with E-state index in [2.05, 4.69) is 10.3 Å². The van der Waals surface area contributed by atoms with Crippen molar-refractivity contribution in [2.24, 2.45) is 5.92 Å². The van der Waals surface area contributed by atoms with E-state index < -0.39 is 5.97 Å². The molecule has 0 unspecified atom stereocenters. The van der Waals surface area contributed by atoms with Crippen molar-refractivity contribution in [3.05, 3.63) is 58.2 Å². The zero-order valence-electron chi connectivity index (χ0n) is 17.4. The number of aromatic nitrogens is 1. The lowest BCUT2D eigenvalue weighted by atomic mass is 9.96. The van der Waals surface area contributed by atoms with Crippen molar-refractivity contribution in [2.75, 3.05) is 20.2 Å². The Hall–Kier alpha value is -3.16. The number of ether oxygens (including phenoxy) is 1. The zero-order chi connectivity index (χ0) is 21.8. The zero-order valence-corrected chi connectivity index (χ0v) is 17.4. The summed E-state index contributed by atoms with van der Waals surface area (Å²) in [6, 6.07) is 5.96. The summed E-state index contributed by atoms with van der Waals surface area (Å²) in [5.41, 5.74) is 2.65. The van der Waals surface area contributed by atoms with Crippen LogP contribution in [-0.4, -0.2) is 47.9 Å². The van der Waals surface area contributed by atoms with Crippen molar-refractivity contribution in [3.63, 3.8) is 0 Å². The Morgan fingerprint density at radius 3 is 2.60 bits per heavy atom. The Balaban J connectivity index is 1.65. The molecule has 0 spiro atoms. The van der Waals surface area contributed by atoms with Crippen LogP contribution in [0.1, 0.15) is 50.5 Å². The molecule has 1 atom stereocenters. The highest BCUT2D eigenvalue weighted by Gasteiger charge is 2.31. The summed E-state index contributed by atoms with van der Waals surface area (Å²) in [4.78, 5) is 42.3. The number of carbonyl (C=O) groups is 3. The number of nitrogens with zero attached hydrogens (tertiary/aromatic N) is 1. The number of nitrogens with one attached hydrogen (secondary N) is 2. The summed E-state index contributed by atoms with van der Waals surface area (Å²) in [6.45, 7) is 4.59. The Kier molecular flexibility index (Phi) is 6.54. The Bertz CT molecular complexity index is 952. The first-order valence-electron chi connectivity index (χ1n) is 9.90. The molecule has 1 aromatic carbocycles. The van der Waals surface area contributed by atoms with Gasteiger partial charge in [-0.2, -0.15) is 0 Å². The molecule has 1 fully saturated rings. The summed E-state index contributed by atoms with van der Waals surface area (Å²) in [5.74, 6) is -1.50. The first-order valence-corrected chi connectivity index (χ1v) is 9.90. The third-order valence-electron chi connectivity index (χ3n) is 5.50. The number of carbonyl (C=O) groups excluding carboxylic acids is 3. The van der Waals surface area contributed by atoms with Crippen LogP contribution >= 0.6 is 0 Å². The van der Waals surface area contributed by atoms with Gasteiger partial charge in [-0.05, 0) is 49.9 Å². The smallest absolute Gasteiger partial charge is 0.339 e. The number of aromatic amines is 1. The van der Waals surface area contributed by atoms with Crippen LogP contribution in [0, 0.1) is 25.6 Å². The molecule has 0 bridgehead atoms. The van der Waals surface area contributed by atoms with Gasteiger partial charge in [0.2, 0.25) is 5.91 Å². The predicted octanol–water partition coefficient (Wildman–Crippen LogP) is 2.73. The number of likely N-dealkylation sites (tertiary alicyclic amines) is 1. The minimum atomic E-state index is -0.489. The van der Waals surface area contributed by atoms with Gasteiger partial charge in [-0.1, -0.05) is 12.1 Å². The fourth-order valence-electron chi connectivity index (χ4n) is 3.84. The number of halogens is 1. The molecule has 160 valence electrons. The average molecular weight is 415 g/mol. The van der Waals surface area contributed by atoms with Gasteiger partial charge in [0.1, 0.15) is 11.5 Å². The van der Waals surface area contributed by atoms with Gasteiger partial charge in [-0.3, -0.25) is 9.59 Å². The Morgan fingerprint density at radius 1 is 1.23 bits per heavy atom. The number of amides is 2. The molecule has 1 aliphatic rings. The molecule has 3 rings (SSSR count). The summed E-state index contributed by atoms with van der Waals surface area (Å²) >= 11 is 0. The SMILES string of the molecule is COC(=O)c1c(C)[nH]c(C(=O)N2CCC[C@H](C(=O)NCc3ccc(F)cc3)C2)c1C. The van der Waals surface area contributed by atoms with E-state index in [1.54, 1.807) is 30.9 Å². The molecule has 30 heavy (non-hydrogen) atoms. The summed E-state index contributed by atoms with van der Waals surface area (Å²) in [7, 11) is 1.30. The van der Waals surface area contributed by atoms with E-state index in [4.69, 9.17) is 4.74 Å². The van der Waals surface area contributed by atoms with Crippen molar-refractivity contribution in [1.82, 2.24) is 15.2 Å². The summed E-state index contributed by atoms with van der Waals surface area (Å²) < 4.78 is 17.8. The molecule has 1 saturated heterocycles. The number of methoxy groups -OCH3 is 1. The van der Waals surface area contributed by atoms with Gasteiger partial charge in [-0.15, -0.1) is 0 Å². The lowest BCUT2D eigenvalue weighted by molar-refractivity contribution is -0.126. The average Bonchev–Trinajstić information content (AvgIpc) is 3.06. The van der Waals surface area contributed by atoms with E-state index in [9.17, 15) is 18.8 Å². The molecular weight excluding hydrogens is 389 g/mol. The second kappa shape index (κ2) is 9.11. The second-order valence-electron chi connectivity index (χ2n) is 7.55. The maximum atomic E-state index is 13.1. The third kappa shape index (κ3) is 4.53. The summed E-state index contributed by atoms with van der Waals surface area (Å²) in [6.07, 6.45) is 1.40. The lowest BCUT2D eigenvalue weighted by Gasteiger charge is -2.32. The maximum absolute atomic E-state index is 13.1. The van der Waals surface area contributed by atoms with E-state index in [-0.39, 0.29) is 23.5 Å². The number of benzene rings is 1. The predicted molar refractivity (Wildman–Crippen MR) is 108 cm³/mol. The molecule has 1 aliphatic heterocycles. The monoisotopic (exact) mass is 415 g/mol. The number of esters is 1. The fraction of sp³-hybridized carbons (Fsp3) is 0.409. The van der Waals surface area contributed by atoms with Gasteiger partial charge < -0.3 is 19.9 Å². The number of hydrogen-bond acceptors (Lipinski definition) is 4. The van der Waals surface area contributed by atoms with Crippen molar-refractivity contribution in [2.45, 2.75) is 33.2 Å². The fourth-order valence-corrected chi connectivity index (χ4v) is 3.84. The number of aryl methyl sites for hydroxylation is 1. The molecule has 2 heterocycles.